The zero-order valence-electron chi connectivity index (χ0n) is 9.43. The van der Waals surface area contributed by atoms with Crippen LogP contribution in [0.15, 0.2) is 35.1 Å². The van der Waals surface area contributed by atoms with Crippen molar-refractivity contribution in [3.05, 3.63) is 39.3 Å². The first-order valence-corrected chi connectivity index (χ1v) is 6.85. The van der Waals surface area contributed by atoms with Crippen molar-refractivity contribution < 1.29 is 4.52 Å². The van der Waals surface area contributed by atoms with Gasteiger partial charge in [0.15, 0.2) is 11.6 Å². The third kappa shape index (κ3) is 2.20. The zero-order valence-corrected chi connectivity index (χ0v) is 11.8. The normalized spacial score (nSPS) is 10.8. The van der Waals surface area contributed by atoms with E-state index in [1.807, 2.05) is 12.1 Å². The number of anilines is 1. The fraction of sp³-hybridized carbons (Fsp3) is 0. The van der Waals surface area contributed by atoms with Gasteiger partial charge < -0.3 is 10.3 Å². The average Bonchev–Trinajstić information content (AvgIpc) is 2.93. The van der Waals surface area contributed by atoms with E-state index in [0.717, 1.165) is 5.56 Å². The summed E-state index contributed by atoms with van der Waals surface area (Å²) in [5.74, 6) is 0.792. The van der Waals surface area contributed by atoms with Gasteiger partial charge in [-0.05, 0) is 12.1 Å². The number of rotatable bonds is 2. The van der Waals surface area contributed by atoms with Crippen LogP contribution in [-0.2, 0) is 0 Å². The number of hydrogen-bond donors (Lipinski definition) is 1. The Morgan fingerprint density at radius 3 is 2.79 bits per heavy atom. The summed E-state index contributed by atoms with van der Waals surface area (Å²) < 4.78 is 6.40. The monoisotopic (exact) mass is 311 g/mol. The van der Waals surface area contributed by atoms with Gasteiger partial charge in [0.1, 0.15) is 4.34 Å². The van der Waals surface area contributed by atoms with E-state index in [2.05, 4.69) is 10.1 Å². The molecule has 3 aromatic heterocycles. The lowest BCUT2D eigenvalue weighted by molar-refractivity contribution is 0.436. The van der Waals surface area contributed by atoms with Crippen LogP contribution in [0.2, 0.25) is 8.67 Å². The van der Waals surface area contributed by atoms with Gasteiger partial charge in [-0.25, -0.2) is 0 Å². The highest BCUT2D eigenvalue weighted by Gasteiger charge is 2.21. The first-order chi connectivity index (χ1) is 9.16. The summed E-state index contributed by atoms with van der Waals surface area (Å²) in [6.07, 6.45) is 3.37. The molecule has 19 heavy (non-hydrogen) atoms. The average molecular weight is 312 g/mol. The van der Waals surface area contributed by atoms with Gasteiger partial charge in [0.25, 0.3) is 0 Å². The molecule has 0 radical (unpaired) electrons. The predicted octanol–water partition coefficient (Wildman–Crippen LogP) is 4.35. The van der Waals surface area contributed by atoms with Crippen LogP contribution < -0.4 is 5.73 Å². The van der Waals surface area contributed by atoms with Gasteiger partial charge in [-0.3, -0.25) is 4.98 Å². The van der Waals surface area contributed by atoms with E-state index in [9.17, 15) is 0 Å². The van der Waals surface area contributed by atoms with Crippen LogP contribution >= 0.6 is 34.5 Å². The van der Waals surface area contributed by atoms with Crippen LogP contribution in [0.1, 0.15) is 0 Å². The number of pyridine rings is 1. The predicted molar refractivity (Wildman–Crippen MR) is 77.5 cm³/mol. The molecule has 0 bridgehead atoms. The maximum atomic E-state index is 6.14. The molecule has 7 heteroatoms. The Morgan fingerprint density at radius 2 is 2.16 bits per heavy atom. The van der Waals surface area contributed by atoms with E-state index in [1.54, 1.807) is 18.5 Å². The molecule has 3 heterocycles. The maximum absolute atomic E-state index is 6.14. The minimum absolute atomic E-state index is 0.293. The van der Waals surface area contributed by atoms with E-state index in [4.69, 9.17) is 33.5 Å². The minimum atomic E-state index is 0.293. The van der Waals surface area contributed by atoms with Crippen LogP contribution in [0.5, 0.6) is 0 Å². The van der Waals surface area contributed by atoms with Crippen LogP contribution in [0, 0.1) is 0 Å². The summed E-state index contributed by atoms with van der Waals surface area (Å²) in [6.45, 7) is 0. The molecule has 0 aliphatic heterocycles. The third-order valence-electron chi connectivity index (χ3n) is 2.57. The molecular formula is C12H7Cl2N3OS. The molecule has 3 rings (SSSR count). The molecule has 0 fully saturated rings. The van der Waals surface area contributed by atoms with Gasteiger partial charge in [-0.15, -0.1) is 11.3 Å². The van der Waals surface area contributed by atoms with Gasteiger partial charge in [0.05, 0.1) is 15.5 Å². The van der Waals surface area contributed by atoms with E-state index in [-0.39, 0.29) is 0 Å². The van der Waals surface area contributed by atoms with E-state index in [0.29, 0.717) is 31.4 Å². The molecule has 0 spiro atoms. The molecule has 0 aliphatic rings. The summed E-state index contributed by atoms with van der Waals surface area (Å²) in [6, 6.07) is 5.42. The topological polar surface area (TPSA) is 64.9 Å². The van der Waals surface area contributed by atoms with Gasteiger partial charge in [0, 0.05) is 18.0 Å². The van der Waals surface area contributed by atoms with Gasteiger partial charge >= 0.3 is 0 Å². The SMILES string of the molecule is Nc1noc(-c2cc(Cl)sc2Cl)c1-c1cccnc1. The molecule has 2 N–H and O–H groups in total. The Morgan fingerprint density at radius 1 is 1.32 bits per heavy atom. The van der Waals surface area contributed by atoms with Crippen LogP contribution in [0.3, 0.4) is 0 Å². The van der Waals surface area contributed by atoms with E-state index in [1.165, 1.54) is 11.3 Å². The Balaban J connectivity index is 2.22. The summed E-state index contributed by atoms with van der Waals surface area (Å²) in [5.41, 5.74) is 8.03. The molecule has 0 aromatic carbocycles. The first-order valence-electron chi connectivity index (χ1n) is 5.27. The number of nitrogens with two attached hydrogens (primary N) is 1. The van der Waals surface area contributed by atoms with Crippen molar-refractivity contribution in [2.24, 2.45) is 0 Å². The second kappa shape index (κ2) is 4.85. The summed E-state index contributed by atoms with van der Waals surface area (Å²) in [7, 11) is 0. The highest BCUT2D eigenvalue weighted by molar-refractivity contribution is 7.20. The zero-order chi connectivity index (χ0) is 13.4. The van der Waals surface area contributed by atoms with Gasteiger partial charge in [-0.2, -0.15) is 0 Å². The van der Waals surface area contributed by atoms with Crippen LogP contribution in [0.25, 0.3) is 22.5 Å². The Bertz CT molecular complexity index is 724. The Kier molecular flexibility index (Phi) is 3.18. The smallest absolute Gasteiger partial charge is 0.179 e. The largest absolute Gasteiger partial charge is 0.380 e. The second-order valence-corrected chi connectivity index (χ2v) is 6.04. The highest BCUT2D eigenvalue weighted by Crippen LogP contribution is 2.43. The molecule has 4 nitrogen and oxygen atoms in total. The van der Waals surface area contributed by atoms with Crippen LogP contribution in [-0.4, -0.2) is 10.1 Å². The lowest BCUT2D eigenvalue weighted by Crippen LogP contribution is -1.89. The number of nitrogens with zero attached hydrogens (tertiary/aromatic N) is 2. The molecule has 0 aliphatic carbocycles. The van der Waals surface area contributed by atoms with E-state index < -0.39 is 0 Å². The summed E-state index contributed by atoms with van der Waals surface area (Å²) in [4.78, 5) is 4.06. The quantitative estimate of drug-likeness (QED) is 0.764. The number of thiophene rings is 1. The molecule has 0 atom stereocenters. The fourth-order valence-corrected chi connectivity index (χ4v) is 3.23. The number of nitrogen functional groups attached to an aromatic ring is 1. The number of halogens is 2. The van der Waals surface area contributed by atoms with Gasteiger partial charge in [0.2, 0.25) is 0 Å². The maximum Gasteiger partial charge on any atom is 0.179 e. The van der Waals surface area contributed by atoms with Crippen LogP contribution in [0.4, 0.5) is 5.82 Å². The molecule has 0 amide bonds. The second-order valence-electron chi connectivity index (χ2n) is 3.75. The minimum Gasteiger partial charge on any atom is -0.380 e. The Labute approximate surface area is 122 Å². The van der Waals surface area contributed by atoms with Crippen molar-refractivity contribution in [2.75, 3.05) is 5.73 Å². The molecule has 3 aromatic rings. The number of hydrogen-bond acceptors (Lipinski definition) is 5. The lowest BCUT2D eigenvalue weighted by Gasteiger charge is -2.00. The standard InChI is InChI=1S/C12H7Cl2N3OS/c13-8-4-7(11(14)19-8)10-9(12(15)17-18-10)6-2-1-3-16-5-6/h1-5H,(H2,15,17). The fourth-order valence-electron chi connectivity index (χ4n) is 1.77. The van der Waals surface area contributed by atoms with Crippen molar-refractivity contribution in [3.8, 4) is 22.5 Å². The lowest BCUT2D eigenvalue weighted by atomic mass is 10.1. The van der Waals surface area contributed by atoms with Crippen molar-refractivity contribution in [1.82, 2.24) is 10.1 Å². The molecule has 0 saturated carbocycles. The van der Waals surface area contributed by atoms with E-state index >= 15 is 0 Å². The Hall–Kier alpha value is -1.56. The van der Waals surface area contributed by atoms with Crippen molar-refractivity contribution in [2.45, 2.75) is 0 Å². The third-order valence-corrected chi connectivity index (χ3v) is 4.06. The molecule has 0 saturated heterocycles. The molecular weight excluding hydrogens is 305 g/mol. The molecule has 96 valence electrons. The van der Waals surface area contributed by atoms with Gasteiger partial charge in [-0.1, -0.05) is 34.4 Å². The summed E-state index contributed by atoms with van der Waals surface area (Å²) in [5, 5.41) is 3.80. The first kappa shape index (κ1) is 12.5. The summed E-state index contributed by atoms with van der Waals surface area (Å²) >= 11 is 13.4. The molecule has 0 unspecified atom stereocenters. The van der Waals surface area contributed by atoms with Crippen molar-refractivity contribution >= 4 is 40.4 Å². The highest BCUT2D eigenvalue weighted by atomic mass is 35.5. The van der Waals surface area contributed by atoms with Crippen molar-refractivity contribution in [3.63, 3.8) is 0 Å². The van der Waals surface area contributed by atoms with Crippen molar-refractivity contribution in [1.29, 1.82) is 0 Å². The number of aromatic nitrogens is 2.